The van der Waals surface area contributed by atoms with Gasteiger partial charge in [-0.1, -0.05) is 6.07 Å². The van der Waals surface area contributed by atoms with Gasteiger partial charge in [-0.3, -0.25) is 9.52 Å². The number of hydrogen-bond donors (Lipinski definition) is 2. The molecule has 1 amide bonds. The minimum atomic E-state index is -3.71. The van der Waals surface area contributed by atoms with E-state index in [1.165, 1.54) is 12.1 Å². The molecule has 3 rings (SSSR count). The van der Waals surface area contributed by atoms with Gasteiger partial charge in [0.15, 0.2) is 0 Å². The van der Waals surface area contributed by atoms with Gasteiger partial charge in [0, 0.05) is 20.5 Å². The van der Waals surface area contributed by atoms with Crippen molar-refractivity contribution in [2.75, 3.05) is 10.0 Å². The molecule has 0 aliphatic carbocycles. The number of sulfonamides is 1. The van der Waals surface area contributed by atoms with Gasteiger partial charge >= 0.3 is 0 Å². The molecule has 3 aromatic rings. The fourth-order valence-corrected chi connectivity index (χ4v) is 3.95. The third-order valence-electron chi connectivity index (χ3n) is 4.29. The number of benzene rings is 3. The van der Waals surface area contributed by atoms with Crippen molar-refractivity contribution in [2.24, 2.45) is 0 Å². The molecule has 0 aliphatic heterocycles. The molecule has 0 saturated heterocycles. The van der Waals surface area contributed by atoms with Crippen LogP contribution in [0, 0.1) is 17.4 Å². The molecule has 28 heavy (non-hydrogen) atoms. The van der Waals surface area contributed by atoms with Gasteiger partial charge in [0.05, 0.1) is 4.90 Å². The van der Waals surface area contributed by atoms with Crippen molar-refractivity contribution in [3.05, 3.63) is 87.0 Å². The largest absolute Gasteiger partial charge is 0.322 e. The molecule has 0 spiro atoms. The lowest BCUT2D eigenvalue weighted by Crippen LogP contribution is -2.14. The normalized spacial score (nSPS) is 11.1. The minimum absolute atomic E-state index is 0.123. The highest BCUT2D eigenvalue weighted by molar-refractivity contribution is 14.1. The number of hydrogen-bond acceptors (Lipinski definition) is 3. The molecule has 144 valence electrons. The average Bonchev–Trinajstić information content (AvgIpc) is 2.65. The molecule has 3 aromatic carbocycles. The van der Waals surface area contributed by atoms with Gasteiger partial charge in [0.1, 0.15) is 0 Å². The van der Waals surface area contributed by atoms with E-state index < -0.39 is 10.0 Å². The van der Waals surface area contributed by atoms with E-state index in [1.54, 1.807) is 36.4 Å². The standard InChI is InChI=1S/C21H19IN2O3S/c1-14-3-8-19(13-15(14)2)24-28(26,27)20-11-9-18(10-12-20)23-21(25)16-4-6-17(22)7-5-16/h3-13,24H,1-2H3,(H,23,25). The van der Waals surface area contributed by atoms with Crippen LogP contribution in [0.2, 0.25) is 0 Å². The topological polar surface area (TPSA) is 75.3 Å². The predicted octanol–water partition coefficient (Wildman–Crippen LogP) is 4.96. The zero-order valence-electron chi connectivity index (χ0n) is 15.4. The Morgan fingerprint density at radius 3 is 2.04 bits per heavy atom. The van der Waals surface area contributed by atoms with Crippen LogP contribution in [0.3, 0.4) is 0 Å². The fourth-order valence-electron chi connectivity index (χ4n) is 2.54. The SMILES string of the molecule is Cc1ccc(NS(=O)(=O)c2ccc(NC(=O)c3ccc(I)cc3)cc2)cc1C. The van der Waals surface area contributed by atoms with Crippen LogP contribution in [0.5, 0.6) is 0 Å². The van der Waals surface area contributed by atoms with E-state index in [1.807, 2.05) is 32.0 Å². The first kappa shape index (κ1) is 20.3. The first-order chi connectivity index (χ1) is 13.2. The Labute approximate surface area is 178 Å². The smallest absolute Gasteiger partial charge is 0.261 e. The van der Waals surface area contributed by atoms with Crippen molar-refractivity contribution in [1.82, 2.24) is 0 Å². The monoisotopic (exact) mass is 506 g/mol. The van der Waals surface area contributed by atoms with Gasteiger partial charge in [-0.2, -0.15) is 0 Å². The van der Waals surface area contributed by atoms with E-state index in [-0.39, 0.29) is 10.8 Å². The highest BCUT2D eigenvalue weighted by Crippen LogP contribution is 2.21. The molecule has 0 fully saturated rings. The second-order valence-electron chi connectivity index (χ2n) is 6.39. The molecule has 0 bridgehead atoms. The molecule has 7 heteroatoms. The first-order valence-corrected chi connectivity index (χ1v) is 11.1. The Balaban J connectivity index is 1.72. The Kier molecular flexibility index (Phi) is 6.04. The molecule has 2 N–H and O–H groups in total. The lowest BCUT2D eigenvalue weighted by atomic mass is 10.1. The van der Waals surface area contributed by atoms with E-state index >= 15 is 0 Å². The van der Waals surface area contributed by atoms with Crippen molar-refractivity contribution in [2.45, 2.75) is 18.7 Å². The lowest BCUT2D eigenvalue weighted by molar-refractivity contribution is 0.102. The molecule has 0 heterocycles. The van der Waals surface area contributed by atoms with Crippen LogP contribution in [0.1, 0.15) is 21.5 Å². The maximum Gasteiger partial charge on any atom is 0.261 e. The van der Waals surface area contributed by atoms with Gasteiger partial charge < -0.3 is 5.32 Å². The summed E-state index contributed by atoms with van der Waals surface area (Å²) in [4.78, 5) is 12.4. The summed E-state index contributed by atoms with van der Waals surface area (Å²) in [6, 6.07) is 18.6. The van der Waals surface area contributed by atoms with Crippen molar-refractivity contribution >= 4 is 49.9 Å². The molecule has 0 aliphatic rings. The summed E-state index contributed by atoms with van der Waals surface area (Å²) < 4.78 is 28.8. The van der Waals surface area contributed by atoms with Crippen LogP contribution in [0.15, 0.2) is 71.6 Å². The van der Waals surface area contributed by atoms with Crippen molar-refractivity contribution < 1.29 is 13.2 Å². The molecule has 0 saturated carbocycles. The summed E-state index contributed by atoms with van der Waals surface area (Å²) in [6.45, 7) is 3.90. The van der Waals surface area contributed by atoms with Gasteiger partial charge in [-0.15, -0.1) is 0 Å². The highest BCUT2D eigenvalue weighted by Gasteiger charge is 2.15. The number of anilines is 2. The summed E-state index contributed by atoms with van der Waals surface area (Å²) in [5.74, 6) is -0.250. The summed E-state index contributed by atoms with van der Waals surface area (Å²) >= 11 is 2.17. The quantitative estimate of drug-likeness (QED) is 0.481. The van der Waals surface area contributed by atoms with Crippen molar-refractivity contribution in [1.29, 1.82) is 0 Å². The maximum atomic E-state index is 12.6. The number of amides is 1. The van der Waals surface area contributed by atoms with E-state index in [4.69, 9.17) is 0 Å². The van der Waals surface area contributed by atoms with Crippen LogP contribution in [-0.2, 0) is 10.0 Å². The molecular weight excluding hydrogens is 487 g/mol. The number of rotatable bonds is 5. The Hall–Kier alpha value is -2.39. The molecule has 0 radical (unpaired) electrons. The molecule has 0 aromatic heterocycles. The Morgan fingerprint density at radius 1 is 0.821 bits per heavy atom. The van der Waals surface area contributed by atoms with E-state index in [9.17, 15) is 13.2 Å². The number of nitrogens with one attached hydrogen (secondary N) is 2. The lowest BCUT2D eigenvalue weighted by Gasteiger charge is -2.11. The van der Waals surface area contributed by atoms with E-state index in [0.717, 1.165) is 14.7 Å². The molecule has 0 atom stereocenters. The van der Waals surface area contributed by atoms with Gasteiger partial charge in [0.2, 0.25) is 0 Å². The number of halogens is 1. The molecule has 5 nitrogen and oxygen atoms in total. The van der Waals surface area contributed by atoms with Crippen molar-refractivity contribution in [3.8, 4) is 0 Å². The summed E-state index contributed by atoms with van der Waals surface area (Å²) in [5, 5.41) is 2.76. The van der Waals surface area contributed by atoms with E-state index in [2.05, 4.69) is 32.6 Å². The van der Waals surface area contributed by atoms with Crippen LogP contribution >= 0.6 is 22.6 Å². The number of carbonyl (C=O) groups excluding carboxylic acids is 1. The summed E-state index contributed by atoms with van der Waals surface area (Å²) in [7, 11) is -3.71. The first-order valence-electron chi connectivity index (χ1n) is 8.52. The Morgan fingerprint density at radius 2 is 1.43 bits per heavy atom. The Bertz CT molecular complexity index is 1110. The zero-order chi connectivity index (χ0) is 20.3. The average molecular weight is 506 g/mol. The van der Waals surface area contributed by atoms with Crippen LogP contribution in [-0.4, -0.2) is 14.3 Å². The van der Waals surface area contributed by atoms with Crippen LogP contribution in [0.4, 0.5) is 11.4 Å². The summed E-state index contributed by atoms with van der Waals surface area (Å²) in [5.41, 5.74) is 3.67. The van der Waals surface area contributed by atoms with E-state index in [0.29, 0.717) is 16.9 Å². The highest BCUT2D eigenvalue weighted by atomic mass is 127. The van der Waals surface area contributed by atoms with Crippen molar-refractivity contribution in [3.63, 3.8) is 0 Å². The van der Waals surface area contributed by atoms with Gasteiger partial charge in [-0.25, -0.2) is 8.42 Å². The minimum Gasteiger partial charge on any atom is -0.322 e. The third kappa shape index (κ3) is 4.90. The summed E-state index contributed by atoms with van der Waals surface area (Å²) in [6.07, 6.45) is 0. The predicted molar refractivity (Wildman–Crippen MR) is 120 cm³/mol. The van der Waals surface area contributed by atoms with Crippen LogP contribution in [0.25, 0.3) is 0 Å². The number of carbonyl (C=O) groups is 1. The molecular formula is C21H19IN2O3S. The van der Waals surface area contributed by atoms with Crippen LogP contribution < -0.4 is 10.0 Å². The number of aryl methyl sites for hydroxylation is 2. The second kappa shape index (κ2) is 8.32. The van der Waals surface area contributed by atoms with Gasteiger partial charge in [-0.05, 0) is 108 Å². The maximum absolute atomic E-state index is 12.6. The van der Waals surface area contributed by atoms with Gasteiger partial charge in [0.25, 0.3) is 15.9 Å². The second-order valence-corrected chi connectivity index (χ2v) is 9.32. The fraction of sp³-hybridized carbons (Fsp3) is 0.0952. The molecule has 0 unspecified atom stereocenters. The third-order valence-corrected chi connectivity index (χ3v) is 6.40. The zero-order valence-corrected chi connectivity index (χ0v) is 18.3.